The van der Waals surface area contributed by atoms with E-state index in [9.17, 15) is 0 Å². The number of nitrogens with one attached hydrogen (secondary N) is 1. The molecule has 0 radical (unpaired) electrons. The van der Waals surface area contributed by atoms with E-state index in [2.05, 4.69) is 46.9 Å². The molecule has 0 aliphatic carbocycles. The molecule has 102 valence electrons. The minimum Gasteiger partial charge on any atom is -0.314 e. The largest absolute Gasteiger partial charge is 0.314 e. The fourth-order valence-corrected chi connectivity index (χ4v) is 1.61. The lowest BCUT2D eigenvalue weighted by Crippen LogP contribution is -2.50. The molecule has 0 unspecified atom stereocenters. The third-order valence-corrected chi connectivity index (χ3v) is 3.24. The fourth-order valence-electron chi connectivity index (χ4n) is 1.61. The Morgan fingerprint density at radius 2 is 1.19 bits per heavy atom. The van der Waals surface area contributed by atoms with E-state index < -0.39 is 0 Å². The van der Waals surface area contributed by atoms with Gasteiger partial charge in [0.05, 0.1) is 0 Å². The van der Waals surface area contributed by atoms with Crippen molar-refractivity contribution in [3.63, 3.8) is 0 Å². The normalized spacial score (nSPS) is 11.2. The third-order valence-electron chi connectivity index (χ3n) is 3.24. The van der Waals surface area contributed by atoms with Crippen LogP contribution in [0.2, 0.25) is 0 Å². The molecule has 0 heterocycles. The van der Waals surface area contributed by atoms with Gasteiger partial charge in [-0.3, -0.25) is 0 Å². The van der Waals surface area contributed by atoms with E-state index >= 15 is 0 Å². The molecule has 0 atom stereocenters. The lowest BCUT2D eigenvalue weighted by molar-refractivity contribution is 0.132. The van der Waals surface area contributed by atoms with Gasteiger partial charge in [0.25, 0.3) is 0 Å². The van der Waals surface area contributed by atoms with Gasteiger partial charge in [-0.1, -0.05) is 55.4 Å². The highest BCUT2D eigenvalue weighted by Crippen LogP contribution is 2.36. The highest BCUT2D eigenvalue weighted by Gasteiger charge is 2.35. The first-order chi connectivity index (χ1) is 7.23. The molecule has 0 saturated heterocycles. The van der Waals surface area contributed by atoms with Gasteiger partial charge in [0.1, 0.15) is 0 Å². The minimum atomic E-state index is 0.220. The Hall–Kier alpha value is -0.0400. The number of rotatable bonds is 4. The Balaban J connectivity index is -0.000000376. The standard InChI is InChI=1S/C11H25N.2C2H6/c1-9(2)8-10(3,4)11(5,6)12-7;2*1-2/h9,12H,8H2,1-7H3;2*1-2H3. The first-order valence-electron chi connectivity index (χ1n) is 6.92. The summed E-state index contributed by atoms with van der Waals surface area (Å²) >= 11 is 0. The van der Waals surface area contributed by atoms with Crippen molar-refractivity contribution in [2.75, 3.05) is 7.05 Å². The summed E-state index contributed by atoms with van der Waals surface area (Å²) in [5.41, 5.74) is 0.577. The van der Waals surface area contributed by atoms with Gasteiger partial charge in [0.15, 0.2) is 0 Å². The molecule has 0 aromatic rings. The van der Waals surface area contributed by atoms with Gasteiger partial charge >= 0.3 is 0 Å². The third kappa shape index (κ3) is 8.15. The number of hydrogen-bond acceptors (Lipinski definition) is 1. The van der Waals surface area contributed by atoms with Gasteiger partial charge < -0.3 is 5.32 Å². The minimum absolute atomic E-state index is 0.220. The van der Waals surface area contributed by atoms with Crippen molar-refractivity contribution >= 4 is 0 Å². The summed E-state index contributed by atoms with van der Waals surface area (Å²) in [6, 6.07) is 0. The molecule has 1 N–H and O–H groups in total. The number of hydrogen-bond donors (Lipinski definition) is 1. The highest BCUT2D eigenvalue weighted by molar-refractivity contribution is 4.92. The van der Waals surface area contributed by atoms with Crippen LogP contribution in [0.15, 0.2) is 0 Å². The Morgan fingerprint density at radius 1 is 0.875 bits per heavy atom. The molecule has 1 heteroatoms. The maximum absolute atomic E-state index is 3.39. The predicted molar refractivity (Wildman–Crippen MR) is 79.1 cm³/mol. The molecule has 0 amide bonds. The topological polar surface area (TPSA) is 12.0 Å². The van der Waals surface area contributed by atoms with Crippen LogP contribution in [0.1, 0.15) is 75.7 Å². The molecule has 1 nitrogen and oxygen atoms in total. The zero-order chi connectivity index (χ0) is 14.0. The first-order valence-corrected chi connectivity index (χ1v) is 6.92. The van der Waals surface area contributed by atoms with Crippen molar-refractivity contribution < 1.29 is 0 Å². The summed E-state index contributed by atoms with van der Waals surface area (Å²) in [6.07, 6.45) is 1.26. The van der Waals surface area contributed by atoms with Crippen LogP contribution in [0.4, 0.5) is 0 Å². The second-order valence-electron chi connectivity index (χ2n) is 5.36. The lowest BCUT2D eigenvalue weighted by Gasteiger charge is -2.42. The highest BCUT2D eigenvalue weighted by atomic mass is 14.9. The van der Waals surface area contributed by atoms with Crippen molar-refractivity contribution in [1.82, 2.24) is 5.32 Å². The van der Waals surface area contributed by atoms with Crippen LogP contribution in [0, 0.1) is 11.3 Å². The van der Waals surface area contributed by atoms with Crippen LogP contribution in [0.25, 0.3) is 0 Å². The van der Waals surface area contributed by atoms with Crippen molar-refractivity contribution in [3.8, 4) is 0 Å². The van der Waals surface area contributed by atoms with Gasteiger partial charge in [0.2, 0.25) is 0 Å². The molecule has 0 fully saturated rings. The maximum Gasteiger partial charge on any atom is 0.0173 e. The Morgan fingerprint density at radius 3 is 1.38 bits per heavy atom. The van der Waals surface area contributed by atoms with Gasteiger partial charge in [-0.25, -0.2) is 0 Å². The van der Waals surface area contributed by atoms with Crippen LogP contribution in [-0.2, 0) is 0 Å². The SMILES string of the molecule is CC.CC.CNC(C)(C)C(C)(C)CC(C)C. The lowest BCUT2D eigenvalue weighted by atomic mass is 9.70. The first kappa shape index (κ1) is 21.3. The fraction of sp³-hybridized carbons (Fsp3) is 1.00. The second-order valence-corrected chi connectivity index (χ2v) is 5.36. The van der Waals surface area contributed by atoms with Gasteiger partial charge in [-0.05, 0) is 38.6 Å². The summed E-state index contributed by atoms with van der Waals surface area (Å²) in [7, 11) is 2.04. The molecule has 0 saturated carbocycles. The summed E-state index contributed by atoms with van der Waals surface area (Å²) in [5.74, 6) is 0.771. The van der Waals surface area contributed by atoms with E-state index in [1.807, 2.05) is 34.7 Å². The van der Waals surface area contributed by atoms with E-state index in [4.69, 9.17) is 0 Å². The zero-order valence-corrected chi connectivity index (χ0v) is 13.8. The van der Waals surface area contributed by atoms with Crippen molar-refractivity contribution in [2.24, 2.45) is 11.3 Å². The van der Waals surface area contributed by atoms with Gasteiger partial charge in [0, 0.05) is 5.54 Å². The molecule has 0 aromatic heterocycles. The Bertz CT molecular complexity index is 134. The monoisotopic (exact) mass is 231 g/mol. The van der Waals surface area contributed by atoms with E-state index in [1.54, 1.807) is 0 Å². The van der Waals surface area contributed by atoms with Crippen LogP contribution >= 0.6 is 0 Å². The predicted octanol–water partition coefficient (Wildman–Crippen LogP) is 5.11. The van der Waals surface area contributed by atoms with Crippen molar-refractivity contribution in [2.45, 2.75) is 81.2 Å². The molecule has 16 heavy (non-hydrogen) atoms. The van der Waals surface area contributed by atoms with Crippen molar-refractivity contribution in [1.29, 1.82) is 0 Å². The van der Waals surface area contributed by atoms with E-state index in [0.29, 0.717) is 5.41 Å². The Labute approximate surface area is 105 Å². The zero-order valence-electron chi connectivity index (χ0n) is 13.8. The van der Waals surface area contributed by atoms with E-state index in [0.717, 1.165) is 5.92 Å². The second kappa shape index (κ2) is 10.1. The summed E-state index contributed by atoms with van der Waals surface area (Å²) in [6.45, 7) is 21.8. The van der Waals surface area contributed by atoms with Crippen LogP contribution in [0.3, 0.4) is 0 Å². The molecule has 0 aromatic carbocycles. The smallest absolute Gasteiger partial charge is 0.0173 e. The van der Waals surface area contributed by atoms with Gasteiger partial charge in [-0.2, -0.15) is 0 Å². The molecule has 0 spiro atoms. The molecule has 0 aliphatic heterocycles. The maximum atomic E-state index is 3.39. The van der Waals surface area contributed by atoms with Crippen LogP contribution in [-0.4, -0.2) is 12.6 Å². The summed E-state index contributed by atoms with van der Waals surface area (Å²) in [5, 5.41) is 3.39. The molecule has 0 rings (SSSR count). The average Bonchev–Trinajstić information content (AvgIpc) is 2.21. The van der Waals surface area contributed by atoms with Crippen LogP contribution < -0.4 is 5.32 Å². The van der Waals surface area contributed by atoms with E-state index in [1.165, 1.54) is 6.42 Å². The van der Waals surface area contributed by atoms with Gasteiger partial charge in [-0.15, -0.1) is 0 Å². The molecule has 0 aliphatic rings. The van der Waals surface area contributed by atoms with Crippen LogP contribution in [0.5, 0.6) is 0 Å². The molecule has 0 bridgehead atoms. The molecular formula is C15H37N. The average molecular weight is 231 g/mol. The summed E-state index contributed by atoms with van der Waals surface area (Å²) in [4.78, 5) is 0. The summed E-state index contributed by atoms with van der Waals surface area (Å²) < 4.78 is 0. The van der Waals surface area contributed by atoms with E-state index in [-0.39, 0.29) is 5.54 Å². The van der Waals surface area contributed by atoms with Crippen molar-refractivity contribution in [3.05, 3.63) is 0 Å². The quantitative estimate of drug-likeness (QED) is 0.709. The molecular weight excluding hydrogens is 194 g/mol. The Kier molecular flexibility index (Phi) is 13.5.